The Hall–Kier alpha value is -5.38. The van der Waals surface area contributed by atoms with Gasteiger partial charge in [0.25, 0.3) is 0 Å². The molecule has 6 aromatic carbocycles. The molecule has 224 valence electrons. The van der Waals surface area contributed by atoms with E-state index in [9.17, 15) is 16.8 Å². The molecule has 0 radical (unpaired) electrons. The molecule has 45 heavy (non-hydrogen) atoms. The van der Waals surface area contributed by atoms with Crippen molar-refractivity contribution in [2.45, 2.75) is 19.6 Å². The van der Waals surface area contributed by atoms with Crippen LogP contribution in [0.1, 0.15) is 0 Å². The Morgan fingerprint density at radius 2 is 0.467 bits per heavy atom. The minimum Gasteiger partial charge on any atom is -0.457 e. The molecule has 6 rings (SSSR count). The number of benzene rings is 6. The second-order valence-electron chi connectivity index (χ2n) is 9.82. The first-order valence-electron chi connectivity index (χ1n) is 13.8. The van der Waals surface area contributed by atoms with Gasteiger partial charge in [-0.2, -0.15) is 0 Å². The number of para-hydroxylation sites is 2. The van der Waals surface area contributed by atoms with E-state index in [4.69, 9.17) is 14.2 Å². The molecule has 0 amide bonds. The first-order chi connectivity index (χ1) is 21.8. The lowest BCUT2D eigenvalue weighted by Gasteiger charge is -2.10. The van der Waals surface area contributed by atoms with Crippen LogP contribution in [0.15, 0.2) is 177 Å². The van der Waals surface area contributed by atoms with Gasteiger partial charge < -0.3 is 14.2 Å². The average Bonchev–Trinajstić information content (AvgIpc) is 3.07. The monoisotopic (exact) mass is 634 g/mol. The molecule has 0 saturated carbocycles. The smallest absolute Gasteiger partial charge is 0.206 e. The van der Waals surface area contributed by atoms with Crippen LogP contribution in [0.3, 0.4) is 0 Å². The highest BCUT2D eigenvalue weighted by Crippen LogP contribution is 2.30. The molecular formula is C36H26O7S2. The summed E-state index contributed by atoms with van der Waals surface area (Å²) in [6, 6.07) is 42.9. The summed E-state index contributed by atoms with van der Waals surface area (Å²) in [5.74, 6) is 3.14. The normalized spacial score (nSPS) is 11.5. The van der Waals surface area contributed by atoms with Gasteiger partial charge in [-0.15, -0.1) is 0 Å². The number of rotatable bonds is 10. The van der Waals surface area contributed by atoms with E-state index in [1.165, 1.54) is 48.5 Å². The van der Waals surface area contributed by atoms with E-state index < -0.39 is 19.7 Å². The van der Waals surface area contributed by atoms with Crippen molar-refractivity contribution in [3.8, 4) is 34.5 Å². The van der Waals surface area contributed by atoms with Crippen LogP contribution in [-0.2, 0) is 19.7 Å². The molecule has 0 fully saturated rings. The van der Waals surface area contributed by atoms with Crippen LogP contribution in [0, 0.1) is 0 Å². The molecule has 7 nitrogen and oxygen atoms in total. The Bertz CT molecular complexity index is 1940. The highest BCUT2D eigenvalue weighted by atomic mass is 32.2. The molecular weight excluding hydrogens is 609 g/mol. The van der Waals surface area contributed by atoms with Crippen LogP contribution < -0.4 is 14.2 Å². The van der Waals surface area contributed by atoms with Gasteiger partial charge >= 0.3 is 0 Å². The summed E-state index contributed by atoms with van der Waals surface area (Å²) in [5, 5.41) is 0. The van der Waals surface area contributed by atoms with Gasteiger partial charge in [0.05, 0.1) is 19.6 Å². The zero-order valence-corrected chi connectivity index (χ0v) is 25.3. The minimum atomic E-state index is -3.77. The molecule has 0 N–H and O–H groups in total. The van der Waals surface area contributed by atoms with E-state index in [-0.39, 0.29) is 19.6 Å². The Morgan fingerprint density at radius 3 is 0.689 bits per heavy atom. The summed E-state index contributed by atoms with van der Waals surface area (Å²) in [4.78, 5) is 0.472. The van der Waals surface area contributed by atoms with Crippen molar-refractivity contribution < 1.29 is 31.0 Å². The Labute approximate surface area is 261 Å². The van der Waals surface area contributed by atoms with E-state index in [0.29, 0.717) is 34.5 Å². The minimum absolute atomic E-state index is 0.105. The van der Waals surface area contributed by atoms with Crippen molar-refractivity contribution in [1.29, 1.82) is 0 Å². The van der Waals surface area contributed by atoms with Crippen LogP contribution in [0.25, 0.3) is 0 Å². The average molecular weight is 635 g/mol. The van der Waals surface area contributed by atoms with E-state index in [2.05, 4.69) is 0 Å². The van der Waals surface area contributed by atoms with Crippen molar-refractivity contribution in [2.24, 2.45) is 0 Å². The fourth-order valence-electron chi connectivity index (χ4n) is 4.40. The lowest BCUT2D eigenvalue weighted by molar-refractivity contribution is 0.481. The predicted octanol–water partition coefficient (Wildman–Crippen LogP) is 8.73. The molecule has 9 heteroatoms. The van der Waals surface area contributed by atoms with Crippen molar-refractivity contribution >= 4 is 19.7 Å². The summed E-state index contributed by atoms with van der Waals surface area (Å²) < 4.78 is 70.0. The van der Waals surface area contributed by atoms with Gasteiger partial charge in [-0.3, -0.25) is 0 Å². The number of hydrogen-bond acceptors (Lipinski definition) is 7. The number of sulfone groups is 2. The van der Waals surface area contributed by atoms with Crippen molar-refractivity contribution in [1.82, 2.24) is 0 Å². The van der Waals surface area contributed by atoms with E-state index in [1.54, 1.807) is 48.5 Å². The van der Waals surface area contributed by atoms with E-state index in [1.807, 2.05) is 60.7 Å². The number of ether oxygens (including phenoxy) is 3. The van der Waals surface area contributed by atoms with Crippen molar-refractivity contribution in [2.75, 3.05) is 0 Å². The third-order valence-electron chi connectivity index (χ3n) is 6.73. The van der Waals surface area contributed by atoms with Gasteiger partial charge in [0.15, 0.2) is 0 Å². The van der Waals surface area contributed by atoms with Gasteiger partial charge in [-0.25, -0.2) is 16.8 Å². The fraction of sp³-hybridized carbons (Fsp3) is 0. The summed E-state index contributed by atoms with van der Waals surface area (Å²) in [6.07, 6.45) is 0. The highest BCUT2D eigenvalue weighted by Gasteiger charge is 2.19. The van der Waals surface area contributed by atoms with Gasteiger partial charge in [0.1, 0.15) is 34.5 Å². The SMILES string of the molecule is O=S(=O)(c1ccc(Oc2ccccc2)cc1)c1ccc(Oc2ccc(S(=O)(=O)c3ccc(Oc4ccccc4)cc3)cc2)cc1. The van der Waals surface area contributed by atoms with Crippen LogP contribution in [0.4, 0.5) is 0 Å². The molecule has 0 aromatic heterocycles. The molecule has 0 bridgehead atoms. The summed E-state index contributed by atoms with van der Waals surface area (Å²) in [5.41, 5.74) is 0. The molecule has 0 unspecified atom stereocenters. The third kappa shape index (κ3) is 6.90. The molecule has 0 atom stereocenters. The summed E-state index contributed by atoms with van der Waals surface area (Å²) >= 11 is 0. The van der Waals surface area contributed by atoms with Crippen LogP contribution in [0.2, 0.25) is 0 Å². The second kappa shape index (κ2) is 12.7. The molecule has 0 aliphatic heterocycles. The maximum atomic E-state index is 13.2. The Morgan fingerprint density at radius 1 is 0.267 bits per heavy atom. The van der Waals surface area contributed by atoms with Gasteiger partial charge in [0, 0.05) is 0 Å². The summed E-state index contributed by atoms with van der Waals surface area (Å²) in [6.45, 7) is 0. The molecule has 0 heterocycles. The Kier molecular flexibility index (Phi) is 8.37. The highest BCUT2D eigenvalue weighted by molar-refractivity contribution is 7.91. The maximum Gasteiger partial charge on any atom is 0.206 e. The largest absolute Gasteiger partial charge is 0.457 e. The van der Waals surface area contributed by atoms with Crippen LogP contribution in [0.5, 0.6) is 34.5 Å². The fourth-order valence-corrected chi connectivity index (χ4v) is 6.93. The standard InChI is InChI=1S/C36H26O7S2/c37-44(38,33-19-11-29(12-20-33)41-27-7-3-1-4-8-27)35-23-15-31(16-24-35)43-32-17-25-36(26-18-32)45(39,40)34-21-13-30(14-22-34)42-28-9-5-2-6-10-28/h1-26H. The van der Waals surface area contributed by atoms with E-state index in [0.717, 1.165) is 0 Å². The van der Waals surface area contributed by atoms with Crippen molar-refractivity contribution in [3.05, 3.63) is 158 Å². The maximum absolute atomic E-state index is 13.2. The molecule has 0 aliphatic carbocycles. The Balaban J connectivity index is 1.10. The molecule has 0 spiro atoms. The van der Waals surface area contributed by atoms with Gasteiger partial charge in [-0.1, -0.05) is 36.4 Å². The predicted molar refractivity (Wildman–Crippen MR) is 170 cm³/mol. The lowest BCUT2D eigenvalue weighted by atomic mass is 10.3. The number of hydrogen-bond donors (Lipinski definition) is 0. The third-order valence-corrected chi connectivity index (χ3v) is 10.3. The topological polar surface area (TPSA) is 96.0 Å². The van der Waals surface area contributed by atoms with Crippen LogP contribution in [-0.4, -0.2) is 16.8 Å². The first-order valence-corrected chi connectivity index (χ1v) is 16.8. The summed E-state index contributed by atoms with van der Waals surface area (Å²) in [7, 11) is -7.54. The molecule has 6 aromatic rings. The zero-order chi connectivity index (χ0) is 31.3. The van der Waals surface area contributed by atoms with Crippen LogP contribution >= 0.6 is 0 Å². The zero-order valence-electron chi connectivity index (χ0n) is 23.7. The second-order valence-corrected chi connectivity index (χ2v) is 13.7. The first kappa shape index (κ1) is 29.7. The van der Waals surface area contributed by atoms with Gasteiger partial charge in [-0.05, 0) is 121 Å². The molecule has 0 aliphatic rings. The van der Waals surface area contributed by atoms with E-state index >= 15 is 0 Å². The molecule has 0 saturated heterocycles. The van der Waals surface area contributed by atoms with Gasteiger partial charge in [0.2, 0.25) is 19.7 Å². The quantitative estimate of drug-likeness (QED) is 0.149. The lowest BCUT2D eigenvalue weighted by Crippen LogP contribution is -2.02. The van der Waals surface area contributed by atoms with Crippen molar-refractivity contribution in [3.63, 3.8) is 0 Å².